The Balaban J connectivity index is 1.76. The highest BCUT2D eigenvalue weighted by Crippen LogP contribution is 2.38. The van der Waals surface area contributed by atoms with Gasteiger partial charge in [-0.05, 0) is 61.7 Å². The van der Waals surface area contributed by atoms with Gasteiger partial charge in [0.2, 0.25) is 0 Å². The van der Waals surface area contributed by atoms with Crippen molar-refractivity contribution in [2.24, 2.45) is 0 Å². The number of thiophene rings is 1. The van der Waals surface area contributed by atoms with Gasteiger partial charge in [-0.15, -0.1) is 11.3 Å². The first kappa shape index (κ1) is 20.9. The van der Waals surface area contributed by atoms with Crippen molar-refractivity contribution in [1.82, 2.24) is 5.32 Å². The fourth-order valence-electron chi connectivity index (χ4n) is 3.19. The molecule has 29 heavy (non-hydrogen) atoms. The molecule has 3 rings (SSSR count). The Kier molecular flexibility index (Phi) is 6.60. The Morgan fingerprint density at radius 1 is 1.03 bits per heavy atom. The highest BCUT2D eigenvalue weighted by molar-refractivity contribution is 7.80. The summed E-state index contributed by atoms with van der Waals surface area (Å²) in [7, 11) is 2.61. The third-order valence-corrected chi connectivity index (χ3v) is 5.97. The summed E-state index contributed by atoms with van der Waals surface area (Å²) < 4.78 is 9.60. The molecule has 0 saturated heterocycles. The number of methoxy groups -OCH3 is 2. The van der Waals surface area contributed by atoms with Crippen LogP contribution in [-0.4, -0.2) is 37.2 Å². The number of amides is 1. The van der Waals surface area contributed by atoms with E-state index in [2.05, 4.69) is 15.4 Å². The van der Waals surface area contributed by atoms with Gasteiger partial charge >= 0.3 is 11.9 Å². The van der Waals surface area contributed by atoms with E-state index >= 15 is 0 Å². The number of rotatable bonds is 4. The summed E-state index contributed by atoms with van der Waals surface area (Å²) in [6.45, 7) is 0. The van der Waals surface area contributed by atoms with Crippen LogP contribution in [0.25, 0.3) is 0 Å². The topological polar surface area (TPSA) is 93.7 Å². The van der Waals surface area contributed by atoms with Gasteiger partial charge in [-0.1, -0.05) is 6.07 Å². The lowest BCUT2D eigenvalue weighted by molar-refractivity contribution is 0.0592. The van der Waals surface area contributed by atoms with Crippen molar-refractivity contribution < 1.29 is 23.9 Å². The monoisotopic (exact) mass is 432 g/mol. The van der Waals surface area contributed by atoms with Gasteiger partial charge in [0.15, 0.2) is 5.11 Å². The van der Waals surface area contributed by atoms with Crippen molar-refractivity contribution in [3.05, 3.63) is 51.4 Å². The number of carbonyl (C=O) groups excluding carboxylic acids is 3. The van der Waals surface area contributed by atoms with Crippen LogP contribution in [0, 0.1) is 0 Å². The number of nitrogens with one attached hydrogen (secondary N) is 2. The van der Waals surface area contributed by atoms with Gasteiger partial charge in [-0.3, -0.25) is 10.1 Å². The average Bonchev–Trinajstić information content (AvgIpc) is 3.10. The molecule has 152 valence electrons. The minimum absolute atomic E-state index is 0.0576. The van der Waals surface area contributed by atoms with Gasteiger partial charge in [0.05, 0.1) is 25.3 Å². The number of anilines is 1. The normalized spacial score (nSPS) is 12.5. The van der Waals surface area contributed by atoms with E-state index in [1.807, 2.05) is 0 Å². The minimum atomic E-state index is -0.535. The van der Waals surface area contributed by atoms with E-state index in [0.717, 1.165) is 36.1 Å². The molecule has 0 spiro atoms. The van der Waals surface area contributed by atoms with E-state index in [1.54, 1.807) is 18.2 Å². The number of hydrogen-bond donors (Lipinski definition) is 2. The molecule has 7 nitrogen and oxygen atoms in total. The molecular formula is C20H20N2O5S2. The van der Waals surface area contributed by atoms with Crippen LogP contribution in [0.1, 0.15) is 54.4 Å². The Labute approximate surface area is 177 Å². The van der Waals surface area contributed by atoms with Gasteiger partial charge in [0, 0.05) is 10.4 Å². The van der Waals surface area contributed by atoms with Crippen LogP contribution in [0.4, 0.5) is 5.00 Å². The lowest BCUT2D eigenvalue weighted by atomic mass is 9.95. The fourth-order valence-corrected chi connectivity index (χ4v) is 4.73. The van der Waals surface area contributed by atoms with Gasteiger partial charge in [0.25, 0.3) is 5.91 Å². The minimum Gasteiger partial charge on any atom is -0.465 e. The predicted octanol–water partition coefficient (Wildman–Crippen LogP) is 3.33. The van der Waals surface area contributed by atoms with E-state index in [9.17, 15) is 14.4 Å². The zero-order valence-electron chi connectivity index (χ0n) is 16.0. The van der Waals surface area contributed by atoms with Crippen molar-refractivity contribution in [1.29, 1.82) is 0 Å². The highest BCUT2D eigenvalue weighted by atomic mass is 32.1. The molecule has 0 fully saturated rings. The molecule has 0 radical (unpaired) electrons. The largest absolute Gasteiger partial charge is 0.465 e. The Morgan fingerprint density at radius 3 is 2.45 bits per heavy atom. The summed E-state index contributed by atoms with van der Waals surface area (Å²) in [4.78, 5) is 37.6. The Morgan fingerprint density at radius 2 is 1.72 bits per heavy atom. The number of benzene rings is 1. The van der Waals surface area contributed by atoms with Crippen molar-refractivity contribution >= 4 is 51.5 Å². The number of fused-ring (bicyclic) bond motifs is 1. The number of hydrogen-bond acceptors (Lipinski definition) is 7. The van der Waals surface area contributed by atoms with Crippen LogP contribution in [0.2, 0.25) is 0 Å². The lowest BCUT2D eigenvalue weighted by Gasteiger charge is -2.12. The summed E-state index contributed by atoms with van der Waals surface area (Å²) in [6.07, 6.45) is 3.82. The first-order chi connectivity index (χ1) is 13.9. The number of thiocarbonyl (C=S) groups is 1. The Bertz CT molecular complexity index is 983. The average molecular weight is 433 g/mol. The molecule has 1 aliphatic rings. The van der Waals surface area contributed by atoms with E-state index in [-0.39, 0.29) is 16.2 Å². The molecule has 1 aromatic heterocycles. The molecule has 2 N–H and O–H groups in total. The summed E-state index contributed by atoms with van der Waals surface area (Å²) in [5, 5.41) is 6.16. The van der Waals surface area contributed by atoms with Gasteiger partial charge in [-0.25, -0.2) is 9.59 Å². The van der Waals surface area contributed by atoms with Crippen molar-refractivity contribution in [2.45, 2.75) is 25.7 Å². The Hall–Kier alpha value is -2.78. The lowest BCUT2D eigenvalue weighted by Crippen LogP contribution is -2.34. The maximum absolute atomic E-state index is 12.5. The third kappa shape index (κ3) is 4.63. The second kappa shape index (κ2) is 9.15. The molecule has 0 bridgehead atoms. The van der Waals surface area contributed by atoms with Crippen molar-refractivity contribution in [3.8, 4) is 0 Å². The standard InChI is InChI=1S/C20H20N2O5S2/c1-26-18(24)12-7-5-6-11(10-12)16(23)21-20(28)22-17-15(19(25)27-2)13-8-3-4-9-14(13)29-17/h5-7,10H,3-4,8-9H2,1-2H3,(H2,21,22,23,28). The molecule has 0 atom stereocenters. The maximum Gasteiger partial charge on any atom is 0.341 e. The summed E-state index contributed by atoms with van der Waals surface area (Å²) >= 11 is 6.72. The van der Waals surface area contributed by atoms with E-state index in [1.165, 1.54) is 31.6 Å². The van der Waals surface area contributed by atoms with Crippen LogP contribution >= 0.6 is 23.6 Å². The molecule has 2 aromatic rings. The van der Waals surface area contributed by atoms with Gasteiger partial charge in [0.1, 0.15) is 5.00 Å². The molecular weight excluding hydrogens is 412 g/mol. The molecule has 9 heteroatoms. The smallest absolute Gasteiger partial charge is 0.341 e. The van der Waals surface area contributed by atoms with E-state index in [0.29, 0.717) is 10.6 Å². The molecule has 0 aliphatic heterocycles. The summed E-state index contributed by atoms with van der Waals surface area (Å²) in [6, 6.07) is 6.12. The first-order valence-corrected chi connectivity index (χ1v) is 10.2. The first-order valence-electron chi connectivity index (χ1n) is 8.98. The van der Waals surface area contributed by atoms with Crippen LogP contribution in [0.5, 0.6) is 0 Å². The second-order valence-electron chi connectivity index (χ2n) is 6.39. The van der Waals surface area contributed by atoms with Crippen LogP contribution in [0.15, 0.2) is 24.3 Å². The number of carbonyl (C=O) groups is 3. The zero-order valence-corrected chi connectivity index (χ0v) is 17.6. The number of esters is 2. The van der Waals surface area contributed by atoms with Crippen molar-refractivity contribution in [2.75, 3.05) is 19.5 Å². The molecule has 1 aromatic carbocycles. The van der Waals surface area contributed by atoms with E-state index in [4.69, 9.17) is 17.0 Å². The molecule has 0 unspecified atom stereocenters. The zero-order chi connectivity index (χ0) is 21.0. The second-order valence-corrected chi connectivity index (χ2v) is 7.90. The predicted molar refractivity (Wildman–Crippen MR) is 114 cm³/mol. The van der Waals surface area contributed by atoms with Crippen LogP contribution < -0.4 is 10.6 Å². The molecule has 1 heterocycles. The third-order valence-electron chi connectivity index (χ3n) is 4.56. The number of ether oxygens (including phenoxy) is 2. The highest BCUT2D eigenvalue weighted by Gasteiger charge is 2.26. The summed E-state index contributed by atoms with van der Waals surface area (Å²) in [5.74, 6) is -1.44. The molecule has 0 saturated carbocycles. The maximum atomic E-state index is 12.5. The van der Waals surface area contributed by atoms with Crippen LogP contribution in [0.3, 0.4) is 0 Å². The fraction of sp³-hybridized carbons (Fsp3) is 0.300. The van der Waals surface area contributed by atoms with E-state index < -0.39 is 17.8 Å². The quantitative estimate of drug-likeness (QED) is 0.565. The SMILES string of the molecule is COC(=O)c1cccc(C(=O)NC(=S)Nc2sc3c(c2C(=O)OC)CCCC3)c1. The van der Waals surface area contributed by atoms with Crippen LogP contribution in [-0.2, 0) is 22.3 Å². The van der Waals surface area contributed by atoms with Gasteiger partial charge in [-0.2, -0.15) is 0 Å². The molecule has 1 aliphatic carbocycles. The van der Waals surface area contributed by atoms with Crippen molar-refractivity contribution in [3.63, 3.8) is 0 Å². The number of aryl methyl sites for hydroxylation is 1. The molecule has 1 amide bonds. The van der Waals surface area contributed by atoms with Gasteiger partial charge < -0.3 is 14.8 Å². The summed E-state index contributed by atoms with van der Waals surface area (Å²) in [5.41, 5.74) is 2.00.